The second kappa shape index (κ2) is 14.8. The van der Waals surface area contributed by atoms with Crippen LogP contribution in [0.3, 0.4) is 0 Å². The molecule has 2 heterocycles. The highest BCUT2D eigenvalue weighted by Crippen LogP contribution is 2.42. The molecule has 8 nitrogen and oxygen atoms in total. The third-order valence-electron chi connectivity index (χ3n) is 8.69. The summed E-state index contributed by atoms with van der Waals surface area (Å²) in [6.45, 7) is 7.89. The number of aliphatic hydroxyl groups is 1. The average Bonchev–Trinajstić information content (AvgIpc) is 3.11. The fraction of sp³-hybridized carbons (Fsp3) is 0.256. The number of hydrogen-bond acceptors (Lipinski definition) is 7. The molecule has 1 amide bonds. The van der Waals surface area contributed by atoms with E-state index in [2.05, 4.69) is 58.9 Å². The number of para-hydroxylation sites is 2. The second-order valence-electron chi connectivity index (χ2n) is 12.0. The molecule has 240 valence electrons. The number of rotatable bonds is 11. The van der Waals surface area contributed by atoms with Gasteiger partial charge in [-0.1, -0.05) is 97.9 Å². The monoisotopic (exact) mass is 628 g/mol. The lowest BCUT2D eigenvalue weighted by Crippen LogP contribution is -2.43. The minimum absolute atomic E-state index is 0.00303. The minimum atomic E-state index is -0.553. The third kappa shape index (κ3) is 7.48. The van der Waals surface area contributed by atoms with Gasteiger partial charge in [0.2, 0.25) is 0 Å². The number of hydrogen-bond donors (Lipinski definition) is 2. The SMILES string of the molecule is C=CCN(C)CC1OC(c2ccc(-c3ccccc3CNC(=O)c3cnc4ccccc4n3)cc2)OC(c2ccc(CO)cc2)C1C. The van der Waals surface area contributed by atoms with Crippen molar-refractivity contribution in [2.75, 3.05) is 20.1 Å². The van der Waals surface area contributed by atoms with E-state index in [4.69, 9.17) is 9.47 Å². The summed E-state index contributed by atoms with van der Waals surface area (Å²) in [5.74, 6) is -0.177. The van der Waals surface area contributed by atoms with Crippen LogP contribution in [0.4, 0.5) is 0 Å². The molecule has 1 saturated heterocycles. The molecule has 0 aliphatic carbocycles. The maximum atomic E-state index is 13.0. The molecular formula is C39H40N4O4. The van der Waals surface area contributed by atoms with Crippen LogP contribution >= 0.6 is 0 Å². The highest BCUT2D eigenvalue weighted by Gasteiger charge is 2.38. The molecule has 0 spiro atoms. The minimum Gasteiger partial charge on any atom is -0.392 e. The summed E-state index contributed by atoms with van der Waals surface area (Å²) in [5.41, 5.74) is 7.59. The Morgan fingerprint density at radius 2 is 1.64 bits per heavy atom. The van der Waals surface area contributed by atoms with Gasteiger partial charge < -0.3 is 24.8 Å². The Morgan fingerprint density at radius 1 is 0.936 bits per heavy atom. The maximum Gasteiger partial charge on any atom is 0.271 e. The van der Waals surface area contributed by atoms with Gasteiger partial charge in [0.25, 0.3) is 5.91 Å². The molecule has 1 aromatic heterocycles. The summed E-state index contributed by atoms with van der Waals surface area (Å²) in [7, 11) is 2.07. The van der Waals surface area contributed by atoms with Crippen LogP contribution < -0.4 is 5.32 Å². The molecule has 4 atom stereocenters. The largest absolute Gasteiger partial charge is 0.392 e. The Morgan fingerprint density at radius 3 is 2.38 bits per heavy atom. The van der Waals surface area contributed by atoms with Crippen LogP contribution in [0.15, 0.2) is 116 Å². The van der Waals surface area contributed by atoms with Crippen LogP contribution in [0.2, 0.25) is 0 Å². The predicted octanol–water partition coefficient (Wildman–Crippen LogP) is 6.63. The first-order chi connectivity index (χ1) is 22.9. The van der Waals surface area contributed by atoms with Gasteiger partial charge in [-0.05, 0) is 47.0 Å². The summed E-state index contributed by atoms with van der Waals surface area (Å²) in [4.78, 5) is 24.0. The van der Waals surface area contributed by atoms with Crippen LogP contribution in [-0.2, 0) is 22.6 Å². The summed E-state index contributed by atoms with van der Waals surface area (Å²) < 4.78 is 13.2. The van der Waals surface area contributed by atoms with Crippen LogP contribution in [0, 0.1) is 5.92 Å². The second-order valence-corrected chi connectivity index (χ2v) is 12.0. The molecule has 5 aromatic rings. The molecule has 1 aliphatic rings. The summed E-state index contributed by atoms with van der Waals surface area (Å²) in [6.07, 6.45) is 2.60. The summed E-state index contributed by atoms with van der Waals surface area (Å²) in [6, 6.07) is 31.7. The van der Waals surface area contributed by atoms with E-state index in [0.717, 1.165) is 52.0 Å². The quantitative estimate of drug-likeness (QED) is 0.159. The molecule has 8 heteroatoms. The highest BCUT2D eigenvalue weighted by molar-refractivity contribution is 5.93. The van der Waals surface area contributed by atoms with Crippen molar-refractivity contribution >= 4 is 16.9 Å². The van der Waals surface area contributed by atoms with Crippen molar-refractivity contribution in [1.82, 2.24) is 20.2 Å². The van der Waals surface area contributed by atoms with E-state index in [9.17, 15) is 9.90 Å². The van der Waals surface area contributed by atoms with Gasteiger partial charge in [0.05, 0.1) is 36.0 Å². The lowest BCUT2D eigenvalue weighted by atomic mass is 9.90. The number of likely N-dealkylation sites (N-methyl/N-ethyl adjacent to an activating group) is 1. The maximum absolute atomic E-state index is 13.0. The Labute approximate surface area is 275 Å². The van der Waals surface area contributed by atoms with E-state index in [1.165, 1.54) is 6.20 Å². The van der Waals surface area contributed by atoms with E-state index in [-0.39, 0.29) is 36.3 Å². The first kappa shape index (κ1) is 32.2. The van der Waals surface area contributed by atoms with E-state index in [0.29, 0.717) is 12.1 Å². The number of aliphatic hydroxyl groups excluding tert-OH is 1. The van der Waals surface area contributed by atoms with Crippen molar-refractivity contribution in [2.24, 2.45) is 5.92 Å². The van der Waals surface area contributed by atoms with Gasteiger partial charge in [-0.25, -0.2) is 4.98 Å². The number of nitrogens with zero attached hydrogens (tertiary/aromatic N) is 3. The normalized spacial score (nSPS) is 19.5. The van der Waals surface area contributed by atoms with Gasteiger partial charge >= 0.3 is 0 Å². The van der Waals surface area contributed by atoms with E-state index in [1.54, 1.807) is 0 Å². The van der Waals surface area contributed by atoms with Crippen molar-refractivity contribution in [3.8, 4) is 11.1 Å². The highest BCUT2D eigenvalue weighted by atomic mass is 16.7. The smallest absolute Gasteiger partial charge is 0.271 e. The van der Waals surface area contributed by atoms with Crippen LogP contribution in [0.25, 0.3) is 22.2 Å². The molecule has 0 saturated carbocycles. The average molecular weight is 629 g/mol. The zero-order chi connectivity index (χ0) is 32.8. The van der Waals surface area contributed by atoms with Gasteiger partial charge in [-0.2, -0.15) is 0 Å². The summed E-state index contributed by atoms with van der Waals surface area (Å²) >= 11 is 0. The zero-order valence-corrected chi connectivity index (χ0v) is 26.8. The Kier molecular flexibility index (Phi) is 10.1. The molecule has 4 aromatic carbocycles. The summed E-state index contributed by atoms with van der Waals surface area (Å²) in [5, 5.41) is 12.5. The van der Waals surface area contributed by atoms with Gasteiger partial charge in [0, 0.05) is 31.1 Å². The van der Waals surface area contributed by atoms with Crippen molar-refractivity contribution in [3.63, 3.8) is 0 Å². The molecule has 47 heavy (non-hydrogen) atoms. The number of carbonyl (C=O) groups is 1. The van der Waals surface area contributed by atoms with Crippen LogP contribution in [0.1, 0.15) is 52.1 Å². The van der Waals surface area contributed by atoms with Crippen molar-refractivity contribution in [3.05, 3.63) is 144 Å². The van der Waals surface area contributed by atoms with Crippen LogP contribution in [0.5, 0.6) is 0 Å². The zero-order valence-electron chi connectivity index (χ0n) is 26.8. The molecule has 2 N–H and O–H groups in total. The number of benzene rings is 4. The molecular weight excluding hydrogens is 588 g/mol. The lowest BCUT2D eigenvalue weighted by molar-refractivity contribution is -0.275. The van der Waals surface area contributed by atoms with Gasteiger partial charge in [-0.3, -0.25) is 9.78 Å². The lowest BCUT2D eigenvalue weighted by Gasteiger charge is -2.42. The van der Waals surface area contributed by atoms with Crippen LogP contribution in [-0.4, -0.2) is 52.1 Å². The first-order valence-corrected chi connectivity index (χ1v) is 15.9. The first-order valence-electron chi connectivity index (χ1n) is 15.9. The molecule has 1 aliphatic heterocycles. The van der Waals surface area contributed by atoms with Crippen molar-refractivity contribution in [2.45, 2.75) is 38.6 Å². The molecule has 6 rings (SSSR count). The standard InChI is InChI=1S/C39H40N4O4/c1-4-21-43(3)24-36-26(2)37(29-15-13-27(25-44)14-16-29)47-39(46-36)30-19-17-28(18-20-30)32-10-6-5-9-31(32)22-41-38(45)35-23-40-33-11-7-8-12-34(33)42-35/h4-20,23,26,36-37,39,44H,1,21-22,24-25H2,2-3H3,(H,41,45). The van der Waals surface area contributed by atoms with Gasteiger partial charge in [0.15, 0.2) is 6.29 Å². The number of nitrogens with one attached hydrogen (secondary N) is 1. The van der Waals surface area contributed by atoms with Gasteiger partial charge in [-0.15, -0.1) is 6.58 Å². The van der Waals surface area contributed by atoms with Crippen molar-refractivity contribution < 1.29 is 19.4 Å². The fourth-order valence-electron chi connectivity index (χ4n) is 6.04. The van der Waals surface area contributed by atoms with E-state index < -0.39 is 6.29 Å². The number of carbonyl (C=O) groups excluding carboxylic acids is 1. The molecule has 1 fully saturated rings. The van der Waals surface area contributed by atoms with E-state index in [1.807, 2.05) is 84.9 Å². The topological polar surface area (TPSA) is 96.8 Å². The Bertz CT molecular complexity index is 1830. The number of amides is 1. The van der Waals surface area contributed by atoms with E-state index >= 15 is 0 Å². The fourth-order valence-corrected chi connectivity index (χ4v) is 6.04. The van der Waals surface area contributed by atoms with Gasteiger partial charge in [0.1, 0.15) is 5.69 Å². The third-order valence-corrected chi connectivity index (χ3v) is 8.69. The number of ether oxygens (including phenoxy) is 2. The predicted molar refractivity (Wildman–Crippen MR) is 183 cm³/mol. The Hall–Kier alpha value is -4.73. The van der Waals surface area contributed by atoms with Crippen molar-refractivity contribution in [1.29, 1.82) is 0 Å². The Balaban J connectivity index is 1.19. The number of aromatic nitrogens is 2. The number of fused-ring (bicyclic) bond motifs is 1. The molecule has 0 radical (unpaired) electrons. The molecule has 4 unspecified atom stereocenters. The molecule has 0 bridgehead atoms.